The molecule has 8 heteroatoms. The third-order valence-corrected chi connectivity index (χ3v) is 9.07. The molecule has 5 rings (SSSR count). The second kappa shape index (κ2) is 18.4. The zero-order chi connectivity index (χ0) is 31.9. The van der Waals surface area contributed by atoms with E-state index in [1.165, 1.54) is 5.56 Å². The van der Waals surface area contributed by atoms with Crippen LogP contribution in [-0.2, 0) is 4.79 Å². The molecule has 1 unspecified atom stereocenters. The lowest BCUT2D eigenvalue weighted by molar-refractivity contribution is -0.136. The molecule has 3 aromatic rings. The molecule has 238 valence electrons. The monoisotopic (exact) mass is 621 g/mol. The van der Waals surface area contributed by atoms with Gasteiger partial charge in [-0.05, 0) is 104 Å². The molecule has 1 N–H and O–H groups in total. The molecule has 2 aromatic carbocycles. The van der Waals surface area contributed by atoms with Crippen molar-refractivity contribution < 1.29 is 19.1 Å². The zero-order valence-corrected chi connectivity index (χ0v) is 27.4. The topological polar surface area (TPSA) is 73.2 Å². The number of aliphatic imine (C=N–C) groups is 1. The summed E-state index contributed by atoms with van der Waals surface area (Å²) >= 11 is 1.71. The van der Waals surface area contributed by atoms with E-state index in [0.29, 0.717) is 17.8 Å². The molecule has 0 bridgehead atoms. The molecule has 0 radical (unpaired) electrons. The maximum Gasteiger partial charge on any atom is 0.303 e. The van der Waals surface area contributed by atoms with Crippen LogP contribution in [0, 0.1) is 11.7 Å². The lowest BCUT2D eigenvalue weighted by Crippen LogP contribution is -2.37. The van der Waals surface area contributed by atoms with E-state index in [1.807, 2.05) is 59.0 Å². The Bertz CT molecular complexity index is 1290. The average Bonchev–Trinajstić information content (AvgIpc) is 3.78. The van der Waals surface area contributed by atoms with Crippen LogP contribution in [0.25, 0.3) is 0 Å². The Hall–Kier alpha value is -3.36. The van der Waals surface area contributed by atoms with E-state index in [0.717, 1.165) is 75.2 Å². The van der Waals surface area contributed by atoms with E-state index in [-0.39, 0.29) is 18.1 Å². The summed E-state index contributed by atoms with van der Waals surface area (Å²) in [5, 5.41) is 11.8. The van der Waals surface area contributed by atoms with Gasteiger partial charge in [0.2, 0.25) is 0 Å². The molecular weight excluding hydrogens is 573 g/mol. The number of carboxylic acids is 1. The Labute approximate surface area is 266 Å². The number of likely N-dealkylation sites (tertiary alicyclic amines) is 2. The van der Waals surface area contributed by atoms with Crippen molar-refractivity contribution in [2.45, 2.75) is 71.6 Å². The summed E-state index contributed by atoms with van der Waals surface area (Å²) in [7, 11) is 0. The molecule has 1 aromatic heterocycles. The van der Waals surface area contributed by atoms with Crippen LogP contribution in [0.4, 0.5) is 10.1 Å². The summed E-state index contributed by atoms with van der Waals surface area (Å²) in [4.78, 5) is 32.0. The lowest BCUT2D eigenvalue weighted by Gasteiger charge is -2.33. The van der Waals surface area contributed by atoms with Crippen LogP contribution in [0.3, 0.4) is 0 Å². The molecule has 2 aliphatic rings. The number of carbonyl (C=O) groups excluding carboxylic acids is 1. The van der Waals surface area contributed by atoms with Gasteiger partial charge >= 0.3 is 5.97 Å². The summed E-state index contributed by atoms with van der Waals surface area (Å²) in [5.74, 6) is 0.613. The minimum absolute atomic E-state index is 0.114. The normalized spacial score (nSPS) is 17.8. The molecule has 0 spiro atoms. The number of para-hydroxylation sites is 1. The van der Waals surface area contributed by atoms with Crippen molar-refractivity contribution in [2.75, 3.05) is 32.7 Å². The predicted molar refractivity (Wildman–Crippen MR) is 180 cm³/mol. The zero-order valence-electron chi connectivity index (χ0n) is 26.6. The Morgan fingerprint density at radius 1 is 1.02 bits per heavy atom. The van der Waals surface area contributed by atoms with E-state index in [2.05, 4.69) is 29.8 Å². The molecule has 2 atom stereocenters. The van der Waals surface area contributed by atoms with Gasteiger partial charge in [0.25, 0.3) is 5.91 Å². The molecule has 6 nitrogen and oxygen atoms in total. The molecule has 0 saturated carbocycles. The number of rotatable bonds is 8. The molecule has 2 aliphatic heterocycles. The van der Waals surface area contributed by atoms with Gasteiger partial charge in [-0.3, -0.25) is 14.6 Å². The first kappa shape index (κ1) is 35.1. The van der Waals surface area contributed by atoms with Gasteiger partial charge in [0, 0.05) is 32.3 Å². The van der Waals surface area contributed by atoms with Gasteiger partial charge in [0.15, 0.2) is 0 Å². The number of thiophene rings is 1. The lowest BCUT2D eigenvalue weighted by atomic mass is 9.89. The van der Waals surface area contributed by atoms with Crippen LogP contribution < -0.4 is 0 Å². The van der Waals surface area contributed by atoms with Crippen molar-refractivity contribution in [3.05, 3.63) is 87.9 Å². The third kappa shape index (κ3) is 10.7. The minimum Gasteiger partial charge on any atom is -0.481 e. The Morgan fingerprint density at radius 3 is 2.23 bits per heavy atom. The van der Waals surface area contributed by atoms with Crippen molar-refractivity contribution >= 4 is 35.1 Å². The fourth-order valence-electron chi connectivity index (χ4n) is 5.74. The maximum absolute atomic E-state index is 13.5. The Morgan fingerprint density at radius 2 is 1.68 bits per heavy atom. The highest BCUT2D eigenvalue weighted by Crippen LogP contribution is 2.34. The van der Waals surface area contributed by atoms with Gasteiger partial charge in [-0.1, -0.05) is 57.2 Å². The molecule has 2 saturated heterocycles. The maximum atomic E-state index is 13.5. The Balaban J connectivity index is 0.000000452. The molecular formula is C36H48FN3O3S. The van der Waals surface area contributed by atoms with Crippen LogP contribution >= 0.6 is 11.3 Å². The summed E-state index contributed by atoms with van der Waals surface area (Å²) in [6, 6.07) is 17.1. The number of benzene rings is 2. The number of aliphatic carboxylic acids is 1. The standard InChI is InChI=1S/C29H38FN3O.C4H4S.C3H6O2/c1-4-21(3)26-7-6-8-27(28(26)31-5-2)29(34)33-18-13-22(20-33)19-32-16-14-24(15-17-32)23-9-11-25(30)12-10-23;1-2-4-5-3-1;1-2-3(4)5/h5-12,21-22,24H,4,13-20H2,1-3H3;1-4H;2H2,1H3,(H,4,5)/t21?,22-;;/m1../s1. The first-order valence-corrected chi connectivity index (χ1v) is 16.8. The highest BCUT2D eigenvalue weighted by molar-refractivity contribution is 7.07. The van der Waals surface area contributed by atoms with Crippen LogP contribution in [-0.4, -0.2) is 65.7 Å². The smallest absolute Gasteiger partial charge is 0.303 e. The van der Waals surface area contributed by atoms with Gasteiger partial charge in [0.1, 0.15) is 5.82 Å². The molecule has 1 amide bonds. The SMILES string of the molecule is CC=Nc1c(C(=O)N2CC[C@H](CN3CCC(c4ccc(F)cc4)CC3)C2)cccc1C(C)CC.CCC(=O)O.c1ccsc1. The van der Waals surface area contributed by atoms with E-state index < -0.39 is 5.97 Å². The number of amides is 1. The summed E-state index contributed by atoms with van der Waals surface area (Å²) in [5.41, 5.74) is 3.99. The number of piperidine rings is 1. The van der Waals surface area contributed by atoms with E-state index in [4.69, 9.17) is 5.11 Å². The fraction of sp³-hybridized carbons (Fsp3) is 0.472. The average molecular weight is 622 g/mol. The quantitative estimate of drug-likeness (QED) is 0.256. The van der Waals surface area contributed by atoms with Crippen molar-refractivity contribution in [2.24, 2.45) is 10.9 Å². The van der Waals surface area contributed by atoms with E-state index in [9.17, 15) is 14.0 Å². The second-order valence-corrected chi connectivity index (χ2v) is 12.3. The van der Waals surface area contributed by atoms with Crippen molar-refractivity contribution in [1.82, 2.24) is 9.80 Å². The van der Waals surface area contributed by atoms with Crippen LogP contribution in [0.1, 0.15) is 93.1 Å². The first-order chi connectivity index (χ1) is 21.3. The third-order valence-electron chi connectivity index (χ3n) is 8.45. The molecule has 3 heterocycles. The van der Waals surface area contributed by atoms with Gasteiger partial charge < -0.3 is 14.9 Å². The number of hydrogen-bond acceptors (Lipinski definition) is 5. The molecule has 0 aliphatic carbocycles. The minimum atomic E-state index is -0.745. The highest BCUT2D eigenvalue weighted by Gasteiger charge is 2.31. The second-order valence-electron chi connectivity index (χ2n) is 11.5. The Kier molecular flexibility index (Phi) is 14.7. The van der Waals surface area contributed by atoms with E-state index >= 15 is 0 Å². The van der Waals surface area contributed by atoms with Gasteiger partial charge in [-0.2, -0.15) is 11.3 Å². The molecule has 44 heavy (non-hydrogen) atoms. The van der Waals surface area contributed by atoms with E-state index in [1.54, 1.807) is 36.6 Å². The number of carboxylic acid groups (broad SMARTS) is 1. The van der Waals surface area contributed by atoms with Crippen LogP contribution in [0.15, 0.2) is 70.3 Å². The van der Waals surface area contributed by atoms with Crippen LogP contribution in [0.5, 0.6) is 0 Å². The number of nitrogens with zero attached hydrogens (tertiary/aromatic N) is 3. The summed E-state index contributed by atoms with van der Waals surface area (Å²) in [6.45, 7) is 12.7. The predicted octanol–water partition coefficient (Wildman–Crippen LogP) is 8.63. The number of carbonyl (C=O) groups is 2. The number of hydrogen-bond donors (Lipinski definition) is 1. The summed E-state index contributed by atoms with van der Waals surface area (Å²) in [6.07, 6.45) is 6.32. The fourth-order valence-corrected chi connectivity index (χ4v) is 6.19. The number of halogens is 1. The first-order valence-electron chi connectivity index (χ1n) is 15.8. The van der Waals surface area contributed by atoms with Gasteiger partial charge in [-0.15, -0.1) is 0 Å². The van der Waals surface area contributed by atoms with Crippen LogP contribution in [0.2, 0.25) is 0 Å². The summed E-state index contributed by atoms with van der Waals surface area (Å²) < 4.78 is 13.2. The largest absolute Gasteiger partial charge is 0.481 e. The van der Waals surface area contributed by atoms with Gasteiger partial charge in [0.05, 0.1) is 11.3 Å². The van der Waals surface area contributed by atoms with Crippen molar-refractivity contribution in [1.29, 1.82) is 0 Å². The molecule has 2 fully saturated rings. The van der Waals surface area contributed by atoms with Crippen molar-refractivity contribution in [3.63, 3.8) is 0 Å². The highest BCUT2D eigenvalue weighted by atomic mass is 32.1. The van der Waals surface area contributed by atoms with Crippen molar-refractivity contribution in [3.8, 4) is 0 Å². The van der Waals surface area contributed by atoms with Gasteiger partial charge in [-0.25, -0.2) is 4.39 Å².